The lowest BCUT2D eigenvalue weighted by molar-refractivity contribution is -0.139. The Balaban J connectivity index is 1.83. The van der Waals surface area contributed by atoms with Crippen LogP contribution in [0.15, 0.2) is 78.4 Å². The molecule has 1 heterocycles. The monoisotopic (exact) mass is 487 g/mol. The quantitative estimate of drug-likeness (QED) is 0.266. The van der Waals surface area contributed by atoms with Gasteiger partial charge in [-0.15, -0.1) is 0 Å². The molecule has 1 N–H and O–H groups in total. The van der Waals surface area contributed by atoms with Gasteiger partial charge in [0.15, 0.2) is 11.5 Å². The average molecular weight is 488 g/mol. The summed E-state index contributed by atoms with van der Waals surface area (Å²) < 4.78 is 16.4. The molecule has 0 radical (unpaired) electrons. The maximum atomic E-state index is 13.3. The first-order valence-corrected chi connectivity index (χ1v) is 11.8. The number of ketones is 1. The first-order valence-electron chi connectivity index (χ1n) is 11.8. The molecule has 4 rings (SSSR count). The molecule has 1 aliphatic rings. The number of likely N-dealkylation sites (tertiary alicyclic amines) is 1. The molecule has 7 nitrogen and oxygen atoms in total. The van der Waals surface area contributed by atoms with Crippen LogP contribution < -0.4 is 14.2 Å². The molecule has 1 atom stereocenters. The molecule has 3 aromatic rings. The van der Waals surface area contributed by atoms with Crippen LogP contribution >= 0.6 is 0 Å². The number of aliphatic hydroxyl groups excluding tert-OH is 1. The molecule has 1 amide bonds. The van der Waals surface area contributed by atoms with E-state index < -0.39 is 17.7 Å². The second kappa shape index (κ2) is 11.0. The number of carbonyl (C=O) groups excluding carboxylic acids is 2. The minimum absolute atomic E-state index is 0.0209. The van der Waals surface area contributed by atoms with Gasteiger partial charge in [-0.25, -0.2) is 0 Å². The minimum atomic E-state index is -0.801. The summed E-state index contributed by atoms with van der Waals surface area (Å²) in [6, 6.07) is 21.0. The van der Waals surface area contributed by atoms with Crippen LogP contribution in [0.5, 0.6) is 17.2 Å². The molecular weight excluding hydrogens is 458 g/mol. The maximum Gasteiger partial charge on any atom is 0.295 e. The smallest absolute Gasteiger partial charge is 0.295 e. The van der Waals surface area contributed by atoms with Gasteiger partial charge in [-0.05, 0) is 48.7 Å². The predicted molar refractivity (Wildman–Crippen MR) is 136 cm³/mol. The van der Waals surface area contributed by atoms with Crippen molar-refractivity contribution >= 4 is 17.4 Å². The summed E-state index contributed by atoms with van der Waals surface area (Å²) in [6.07, 6.45) is 0.553. The maximum absolute atomic E-state index is 13.3. The lowest BCUT2D eigenvalue weighted by Gasteiger charge is -2.26. The average Bonchev–Trinajstić information content (AvgIpc) is 3.17. The number of nitrogens with zero attached hydrogens (tertiary/aromatic N) is 1. The van der Waals surface area contributed by atoms with E-state index in [9.17, 15) is 14.7 Å². The highest BCUT2D eigenvalue weighted by molar-refractivity contribution is 6.46. The van der Waals surface area contributed by atoms with Crippen molar-refractivity contribution in [3.63, 3.8) is 0 Å². The van der Waals surface area contributed by atoms with E-state index in [0.717, 1.165) is 5.56 Å². The van der Waals surface area contributed by atoms with Crippen molar-refractivity contribution in [3.05, 3.63) is 95.1 Å². The van der Waals surface area contributed by atoms with Crippen LogP contribution in [0.2, 0.25) is 0 Å². The van der Waals surface area contributed by atoms with Gasteiger partial charge in [-0.2, -0.15) is 0 Å². The van der Waals surface area contributed by atoms with E-state index >= 15 is 0 Å². The van der Waals surface area contributed by atoms with E-state index in [0.29, 0.717) is 47.9 Å². The van der Waals surface area contributed by atoms with Crippen LogP contribution in [-0.4, -0.2) is 49.1 Å². The molecule has 0 aromatic heterocycles. The largest absolute Gasteiger partial charge is 0.507 e. The van der Waals surface area contributed by atoms with Gasteiger partial charge in [0.2, 0.25) is 0 Å². The van der Waals surface area contributed by atoms with E-state index in [4.69, 9.17) is 14.2 Å². The number of ether oxygens (including phenoxy) is 3. The fraction of sp³-hybridized carbons (Fsp3) is 0.241. The SMILES string of the molecule is CCOc1ccc(C2/C(=C(\O)c3cccc(OC)c3)C(=O)C(=O)N2CCc2ccccc2)cc1OC. The zero-order valence-corrected chi connectivity index (χ0v) is 20.6. The van der Waals surface area contributed by atoms with Crippen molar-refractivity contribution in [2.75, 3.05) is 27.4 Å². The first-order chi connectivity index (χ1) is 17.5. The van der Waals surface area contributed by atoms with Crippen LogP contribution in [0.25, 0.3) is 5.76 Å². The van der Waals surface area contributed by atoms with Gasteiger partial charge in [-0.3, -0.25) is 9.59 Å². The Labute approximate surface area is 210 Å². The molecule has 3 aromatic carbocycles. The normalized spacial score (nSPS) is 16.8. The highest BCUT2D eigenvalue weighted by Gasteiger charge is 2.46. The van der Waals surface area contributed by atoms with Gasteiger partial charge in [-0.1, -0.05) is 48.5 Å². The van der Waals surface area contributed by atoms with Crippen LogP contribution in [-0.2, 0) is 16.0 Å². The Bertz CT molecular complexity index is 1280. The molecule has 1 saturated heterocycles. The lowest BCUT2D eigenvalue weighted by atomic mass is 9.94. The molecule has 0 bridgehead atoms. The van der Waals surface area contributed by atoms with Crippen molar-refractivity contribution < 1.29 is 28.9 Å². The minimum Gasteiger partial charge on any atom is -0.507 e. The Morgan fingerprint density at radius 1 is 0.917 bits per heavy atom. The number of benzene rings is 3. The van der Waals surface area contributed by atoms with Crippen molar-refractivity contribution in [1.29, 1.82) is 0 Å². The Morgan fingerprint density at radius 3 is 2.39 bits per heavy atom. The topological polar surface area (TPSA) is 85.3 Å². The van der Waals surface area contributed by atoms with E-state index in [-0.39, 0.29) is 11.3 Å². The fourth-order valence-electron chi connectivity index (χ4n) is 4.41. The fourth-order valence-corrected chi connectivity index (χ4v) is 4.41. The molecule has 0 aliphatic carbocycles. The predicted octanol–water partition coefficient (Wildman–Crippen LogP) is 4.77. The van der Waals surface area contributed by atoms with E-state index in [1.165, 1.54) is 19.1 Å². The van der Waals surface area contributed by atoms with E-state index in [1.807, 2.05) is 37.3 Å². The van der Waals surface area contributed by atoms with Gasteiger partial charge in [0, 0.05) is 12.1 Å². The number of amides is 1. The Kier molecular flexibility index (Phi) is 7.59. The second-order valence-electron chi connectivity index (χ2n) is 8.30. The molecule has 36 heavy (non-hydrogen) atoms. The van der Waals surface area contributed by atoms with Crippen molar-refractivity contribution in [2.24, 2.45) is 0 Å². The van der Waals surface area contributed by atoms with E-state index in [2.05, 4.69) is 0 Å². The summed E-state index contributed by atoms with van der Waals surface area (Å²) in [7, 11) is 3.05. The van der Waals surface area contributed by atoms with Crippen LogP contribution in [0.3, 0.4) is 0 Å². The zero-order chi connectivity index (χ0) is 25.7. The summed E-state index contributed by atoms with van der Waals surface area (Å²) in [6.45, 7) is 2.63. The molecule has 0 spiro atoms. The number of rotatable bonds is 9. The second-order valence-corrected chi connectivity index (χ2v) is 8.30. The zero-order valence-electron chi connectivity index (χ0n) is 20.6. The van der Waals surface area contributed by atoms with E-state index in [1.54, 1.807) is 42.5 Å². The van der Waals surface area contributed by atoms with Crippen LogP contribution in [0.4, 0.5) is 0 Å². The Hall–Kier alpha value is -4.26. The molecule has 7 heteroatoms. The molecular formula is C29H29NO6. The Morgan fingerprint density at radius 2 is 1.69 bits per heavy atom. The summed E-state index contributed by atoms with van der Waals surface area (Å²) in [5.41, 5.74) is 2.08. The highest BCUT2D eigenvalue weighted by Crippen LogP contribution is 2.42. The molecule has 1 fully saturated rings. The van der Waals surface area contributed by atoms with Crippen LogP contribution in [0, 0.1) is 0 Å². The molecule has 1 unspecified atom stereocenters. The first kappa shape index (κ1) is 24.9. The highest BCUT2D eigenvalue weighted by atomic mass is 16.5. The lowest BCUT2D eigenvalue weighted by Crippen LogP contribution is -2.31. The van der Waals surface area contributed by atoms with Gasteiger partial charge in [0.25, 0.3) is 11.7 Å². The summed E-state index contributed by atoms with van der Waals surface area (Å²) in [5.74, 6) is -0.0967. The summed E-state index contributed by atoms with van der Waals surface area (Å²) in [5, 5.41) is 11.3. The van der Waals surface area contributed by atoms with Crippen molar-refractivity contribution in [2.45, 2.75) is 19.4 Å². The number of aliphatic hydroxyl groups is 1. The standard InChI is InChI=1S/C29H29NO6/c1-4-36-23-14-13-20(18-24(23)35-3)26-25(27(31)21-11-8-12-22(17-21)34-2)28(32)29(33)30(26)16-15-19-9-6-5-7-10-19/h5-14,17-18,26,31H,4,15-16H2,1-3H3/b27-25+. The summed E-state index contributed by atoms with van der Waals surface area (Å²) >= 11 is 0. The number of hydrogen-bond acceptors (Lipinski definition) is 6. The third kappa shape index (κ3) is 4.91. The van der Waals surface area contributed by atoms with Crippen molar-refractivity contribution in [3.8, 4) is 17.2 Å². The van der Waals surface area contributed by atoms with Crippen LogP contribution in [0.1, 0.15) is 29.7 Å². The summed E-state index contributed by atoms with van der Waals surface area (Å²) in [4.78, 5) is 28.1. The number of methoxy groups -OCH3 is 2. The number of carbonyl (C=O) groups is 2. The third-order valence-corrected chi connectivity index (χ3v) is 6.17. The molecule has 0 saturated carbocycles. The van der Waals surface area contributed by atoms with Gasteiger partial charge in [0.1, 0.15) is 11.5 Å². The third-order valence-electron chi connectivity index (χ3n) is 6.17. The number of Topliss-reactive ketones (excluding diaryl/α,β-unsaturated/α-hetero) is 1. The molecule has 186 valence electrons. The van der Waals surface area contributed by atoms with Crippen molar-refractivity contribution in [1.82, 2.24) is 4.90 Å². The molecule has 1 aliphatic heterocycles. The van der Waals surface area contributed by atoms with Gasteiger partial charge >= 0.3 is 0 Å². The van der Waals surface area contributed by atoms with Gasteiger partial charge < -0.3 is 24.2 Å². The van der Waals surface area contributed by atoms with Gasteiger partial charge in [0.05, 0.1) is 32.4 Å². The number of hydrogen-bond donors (Lipinski definition) is 1.